The average molecular weight is 225 g/mol. The minimum atomic E-state index is -0.849. The molecule has 1 rings (SSSR count). The molecule has 0 aliphatic rings. The van der Waals surface area contributed by atoms with Crippen molar-refractivity contribution in [3.05, 3.63) is 34.0 Å². The number of hydrogen-bond acceptors (Lipinski definition) is 3. The van der Waals surface area contributed by atoms with Crippen LogP contribution in [-0.2, 0) is 4.79 Å². The Kier molecular flexibility index (Phi) is 4.05. The number of rotatable bonds is 5. The number of hydrogen-bond donors (Lipinski definition) is 2. The van der Waals surface area contributed by atoms with Crippen LogP contribution in [0.1, 0.15) is 21.4 Å². The summed E-state index contributed by atoms with van der Waals surface area (Å²) in [4.78, 5) is 13.3. The second-order valence-corrected chi connectivity index (χ2v) is 4.80. The standard InChI is InChI=1S/C11H15NO2S/c1-4-5-12-10(11(13)14)9-6-7(2)15-8(9)3/h4,6,10,12H,1,5H2,2-3H3,(H,13,14). The molecule has 2 N–H and O–H groups in total. The normalized spacial score (nSPS) is 12.4. The van der Waals surface area contributed by atoms with E-state index in [0.717, 1.165) is 15.3 Å². The second kappa shape index (κ2) is 5.09. The summed E-state index contributed by atoms with van der Waals surface area (Å²) in [6.45, 7) is 7.97. The van der Waals surface area contributed by atoms with Crippen molar-refractivity contribution in [1.29, 1.82) is 0 Å². The monoisotopic (exact) mass is 225 g/mol. The molecule has 0 fully saturated rings. The molecule has 0 aliphatic heterocycles. The predicted molar refractivity (Wildman–Crippen MR) is 62.4 cm³/mol. The van der Waals surface area contributed by atoms with Gasteiger partial charge in [0.15, 0.2) is 0 Å². The third-order valence-corrected chi connectivity index (χ3v) is 3.09. The Morgan fingerprint density at radius 1 is 1.73 bits per heavy atom. The Bertz CT molecular complexity index is 371. The summed E-state index contributed by atoms with van der Waals surface area (Å²) < 4.78 is 0. The summed E-state index contributed by atoms with van der Waals surface area (Å²) in [6.07, 6.45) is 1.66. The van der Waals surface area contributed by atoms with Crippen LogP contribution >= 0.6 is 11.3 Å². The molecule has 0 bridgehead atoms. The highest BCUT2D eigenvalue weighted by molar-refractivity contribution is 7.12. The lowest BCUT2D eigenvalue weighted by Gasteiger charge is -2.12. The molecular formula is C11H15NO2S. The maximum absolute atomic E-state index is 11.1. The molecule has 1 heterocycles. The van der Waals surface area contributed by atoms with E-state index in [9.17, 15) is 4.79 Å². The predicted octanol–water partition coefficient (Wildman–Crippen LogP) is 2.27. The Morgan fingerprint density at radius 3 is 2.80 bits per heavy atom. The van der Waals surface area contributed by atoms with Crippen molar-refractivity contribution in [2.24, 2.45) is 0 Å². The van der Waals surface area contributed by atoms with Gasteiger partial charge in [0.05, 0.1) is 0 Å². The molecule has 0 radical (unpaired) electrons. The van der Waals surface area contributed by atoms with Crippen LogP contribution in [0.5, 0.6) is 0 Å². The molecule has 15 heavy (non-hydrogen) atoms. The van der Waals surface area contributed by atoms with Crippen molar-refractivity contribution in [3.8, 4) is 0 Å². The minimum Gasteiger partial charge on any atom is -0.480 e. The molecule has 1 unspecified atom stereocenters. The highest BCUT2D eigenvalue weighted by Gasteiger charge is 2.21. The fraction of sp³-hybridized carbons (Fsp3) is 0.364. The average Bonchev–Trinajstić information content (AvgIpc) is 2.46. The Hall–Kier alpha value is -1.13. The number of thiophene rings is 1. The maximum atomic E-state index is 11.1. The zero-order valence-electron chi connectivity index (χ0n) is 8.91. The molecule has 1 aromatic heterocycles. The van der Waals surface area contributed by atoms with Gasteiger partial charge in [-0.3, -0.25) is 10.1 Å². The molecule has 4 heteroatoms. The number of nitrogens with one attached hydrogen (secondary N) is 1. The van der Waals surface area contributed by atoms with Crippen molar-refractivity contribution in [2.75, 3.05) is 6.54 Å². The molecular weight excluding hydrogens is 210 g/mol. The van der Waals surface area contributed by atoms with Gasteiger partial charge in [-0.1, -0.05) is 6.08 Å². The lowest BCUT2D eigenvalue weighted by atomic mass is 10.1. The number of carboxylic acids is 1. The van der Waals surface area contributed by atoms with E-state index in [0.29, 0.717) is 6.54 Å². The highest BCUT2D eigenvalue weighted by atomic mass is 32.1. The summed E-state index contributed by atoms with van der Waals surface area (Å²) in [7, 11) is 0. The van der Waals surface area contributed by atoms with Crippen molar-refractivity contribution < 1.29 is 9.90 Å². The van der Waals surface area contributed by atoms with Gasteiger partial charge >= 0.3 is 5.97 Å². The third-order valence-electron chi connectivity index (χ3n) is 2.10. The lowest BCUT2D eigenvalue weighted by Crippen LogP contribution is -2.28. The van der Waals surface area contributed by atoms with Gasteiger partial charge in [-0.25, -0.2) is 0 Å². The van der Waals surface area contributed by atoms with Crippen LogP contribution in [0.4, 0.5) is 0 Å². The van der Waals surface area contributed by atoms with Crippen LogP contribution in [0.25, 0.3) is 0 Å². The van der Waals surface area contributed by atoms with Crippen LogP contribution in [0.2, 0.25) is 0 Å². The van der Waals surface area contributed by atoms with Crippen molar-refractivity contribution >= 4 is 17.3 Å². The smallest absolute Gasteiger partial charge is 0.325 e. The molecule has 3 nitrogen and oxygen atoms in total. The van der Waals surface area contributed by atoms with Gasteiger partial charge in [0, 0.05) is 16.3 Å². The molecule has 0 aliphatic carbocycles. The first kappa shape index (κ1) is 11.9. The van der Waals surface area contributed by atoms with Crippen LogP contribution in [0, 0.1) is 13.8 Å². The van der Waals surface area contributed by atoms with E-state index in [4.69, 9.17) is 5.11 Å². The topological polar surface area (TPSA) is 49.3 Å². The lowest BCUT2D eigenvalue weighted by molar-refractivity contribution is -0.139. The van der Waals surface area contributed by atoms with Crippen molar-refractivity contribution in [2.45, 2.75) is 19.9 Å². The van der Waals surface area contributed by atoms with Crippen LogP contribution < -0.4 is 5.32 Å². The number of aryl methyl sites for hydroxylation is 2. The Morgan fingerprint density at radius 2 is 2.40 bits per heavy atom. The highest BCUT2D eigenvalue weighted by Crippen LogP contribution is 2.26. The van der Waals surface area contributed by atoms with E-state index in [1.165, 1.54) is 0 Å². The van der Waals surface area contributed by atoms with Gasteiger partial charge in [-0.05, 0) is 25.5 Å². The first-order valence-corrected chi connectivity index (χ1v) is 5.52. The summed E-state index contributed by atoms with van der Waals surface area (Å²) in [5.74, 6) is -0.849. The van der Waals surface area contributed by atoms with Crippen LogP contribution in [0.15, 0.2) is 18.7 Å². The van der Waals surface area contributed by atoms with Crippen molar-refractivity contribution in [1.82, 2.24) is 5.32 Å². The fourth-order valence-corrected chi connectivity index (χ4v) is 2.43. The van der Waals surface area contributed by atoms with E-state index >= 15 is 0 Å². The summed E-state index contributed by atoms with van der Waals surface area (Å²) in [5.41, 5.74) is 0.854. The molecule has 1 atom stereocenters. The largest absolute Gasteiger partial charge is 0.480 e. The van der Waals surface area contributed by atoms with E-state index in [2.05, 4.69) is 11.9 Å². The molecule has 0 saturated carbocycles. The van der Waals surface area contributed by atoms with E-state index in [-0.39, 0.29) is 0 Å². The van der Waals surface area contributed by atoms with E-state index in [1.807, 2.05) is 19.9 Å². The number of aliphatic carboxylic acids is 1. The third kappa shape index (κ3) is 2.91. The van der Waals surface area contributed by atoms with Crippen LogP contribution in [0.3, 0.4) is 0 Å². The Balaban J connectivity index is 2.93. The zero-order valence-corrected chi connectivity index (χ0v) is 9.73. The minimum absolute atomic E-state index is 0.491. The molecule has 1 aromatic rings. The van der Waals surface area contributed by atoms with Gasteiger partial charge in [0.2, 0.25) is 0 Å². The summed E-state index contributed by atoms with van der Waals surface area (Å²) >= 11 is 1.62. The Labute approximate surface area is 93.4 Å². The molecule has 0 saturated heterocycles. The summed E-state index contributed by atoms with van der Waals surface area (Å²) in [6, 6.07) is 1.29. The molecule has 0 amide bonds. The zero-order chi connectivity index (χ0) is 11.4. The van der Waals surface area contributed by atoms with Gasteiger partial charge in [-0.15, -0.1) is 17.9 Å². The van der Waals surface area contributed by atoms with Gasteiger partial charge in [0.25, 0.3) is 0 Å². The first-order chi connectivity index (χ1) is 7.06. The maximum Gasteiger partial charge on any atom is 0.325 e. The SMILES string of the molecule is C=CCNC(C(=O)O)c1cc(C)sc1C. The summed E-state index contributed by atoms with van der Waals surface area (Å²) in [5, 5.41) is 12.0. The van der Waals surface area contributed by atoms with E-state index < -0.39 is 12.0 Å². The fourth-order valence-electron chi connectivity index (χ4n) is 1.47. The first-order valence-electron chi connectivity index (χ1n) is 4.70. The molecule has 0 spiro atoms. The van der Waals surface area contributed by atoms with Crippen molar-refractivity contribution in [3.63, 3.8) is 0 Å². The molecule has 82 valence electrons. The van der Waals surface area contributed by atoms with Gasteiger partial charge in [-0.2, -0.15) is 0 Å². The molecule has 0 aromatic carbocycles. The van der Waals surface area contributed by atoms with Gasteiger partial charge < -0.3 is 5.11 Å². The number of carbonyl (C=O) groups is 1. The second-order valence-electron chi connectivity index (χ2n) is 3.34. The van der Waals surface area contributed by atoms with Gasteiger partial charge in [0.1, 0.15) is 6.04 Å². The number of carboxylic acid groups (broad SMARTS) is 1. The van der Waals surface area contributed by atoms with Crippen LogP contribution in [-0.4, -0.2) is 17.6 Å². The van der Waals surface area contributed by atoms with E-state index in [1.54, 1.807) is 17.4 Å². The quantitative estimate of drug-likeness (QED) is 0.756.